The lowest BCUT2D eigenvalue weighted by Crippen LogP contribution is -2.50. The Balaban J connectivity index is 1.89. The fraction of sp³-hybridized carbons (Fsp3) is 0.750. The summed E-state index contributed by atoms with van der Waals surface area (Å²) in [5.74, 6) is -1.90. The summed E-state index contributed by atoms with van der Waals surface area (Å²) in [6.45, 7) is 5.42. The number of ether oxygens (including phenoxy) is 2. The summed E-state index contributed by atoms with van der Waals surface area (Å²) in [5.41, 5.74) is 0.143. The number of nitrogens with one attached hydrogen (secondary N) is 2. The number of methoxy groups -OCH3 is 1. The highest BCUT2D eigenvalue weighted by Crippen LogP contribution is 2.57. The number of esters is 2. The van der Waals surface area contributed by atoms with E-state index in [-0.39, 0.29) is 25.5 Å². The molecule has 182 valence electrons. The van der Waals surface area contributed by atoms with E-state index in [1.165, 1.54) is 7.11 Å². The highest BCUT2D eigenvalue weighted by atomic mass is 31.2. The van der Waals surface area contributed by atoms with Gasteiger partial charge >= 0.3 is 19.8 Å². The zero-order chi connectivity index (χ0) is 23.8. The van der Waals surface area contributed by atoms with Crippen LogP contribution in [0.15, 0.2) is 11.8 Å². The number of phosphoric acid groups is 1. The Morgan fingerprint density at radius 2 is 2.09 bits per heavy atom. The zero-order valence-electron chi connectivity index (χ0n) is 19.0. The van der Waals surface area contributed by atoms with Gasteiger partial charge < -0.3 is 20.1 Å². The van der Waals surface area contributed by atoms with Crippen LogP contribution in [0.3, 0.4) is 0 Å². The second kappa shape index (κ2) is 11.8. The molecule has 2 rings (SSSR count). The maximum absolute atomic E-state index is 12.9. The van der Waals surface area contributed by atoms with Crippen LogP contribution in [0.5, 0.6) is 0 Å². The van der Waals surface area contributed by atoms with E-state index in [0.717, 1.165) is 18.4 Å². The smallest absolute Gasteiger partial charge is 0.469 e. The van der Waals surface area contributed by atoms with Crippen molar-refractivity contribution in [1.29, 1.82) is 0 Å². The molecule has 1 fully saturated rings. The normalized spacial score (nSPS) is 26.9. The lowest BCUT2D eigenvalue weighted by Gasteiger charge is -2.39. The molecule has 0 aromatic heterocycles. The minimum Gasteiger partial charge on any atom is -0.469 e. The van der Waals surface area contributed by atoms with Crippen LogP contribution < -0.4 is 10.6 Å². The highest BCUT2D eigenvalue weighted by Gasteiger charge is 2.49. The van der Waals surface area contributed by atoms with Gasteiger partial charge in [0.2, 0.25) is 12.7 Å². The molecule has 0 saturated carbocycles. The minimum absolute atomic E-state index is 0.0127. The second-order valence-corrected chi connectivity index (χ2v) is 9.91. The molecule has 2 unspecified atom stereocenters. The van der Waals surface area contributed by atoms with Gasteiger partial charge in [-0.1, -0.05) is 27.2 Å². The van der Waals surface area contributed by atoms with E-state index in [2.05, 4.69) is 15.4 Å². The molecule has 1 saturated heterocycles. The minimum atomic E-state index is -4.14. The summed E-state index contributed by atoms with van der Waals surface area (Å²) in [4.78, 5) is 36.2. The third-order valence-corrected chi connectivity index (χ3v) is 6.52. The lowest BCUT2D eigenvalue weighted by molar-refractivity contribution is -0.159. The third kappa shape index (κ3) is 7.30. The van der Waals surface area contributed by atoms with Gasteiger partial charge in [-0.3, -0.25) is 23.4 Å². The van der Waals surface area contributed by atoms with E-state index in [0.29, 0.717) is 13.0 Å². The van der Waals surface area contributed by atoms with E-state index >= 15 is 0 Å². The summed E-state index contributed by atoms with van der Waals surface area (Å²) < 4.78 is 38.3. The van der Waals surface area contributed by atoms with Gasteiger partial charge in [-0.15, -0.1) is 0 Å². The molecule has 0 bridgehead atoms. The van der Waals surface area contributed by atoms with Crippen molar-refractivity contribution in [2.75, 3.05) is 33.6 Å². The van der Waals surface area contributed by atoms with Gasteiger partial charge in [-0.25, -0.2) is 9.09 Å². The maximum atomic E-state index is 12.9. The second-order valence-electron chi connectivity index (χ2n) is 8.29. The molecule has 3 atom stereocenters. The molecule has 0 aliphatic carbocycles. The van der Waals surface area contributed by atoms with Gasteiger partial charge in [0.15, 0.2) is 6.10 Å². The first-order valence-corrected chi connectivity index (χ1v) is 12.1. The number of carbonyl (C=O) groups excluding carboxylic acids is 3. The molecule has 11 nitrogen and oxygen atoms in total. The van der Waals surface area contributed by atoms with E-state index in [1.807, 2.05) is 13.1 Å². The third-order valence-electron chi connectivity index (χ3n) is 5.18. The maximum Gasteiger partial charge on any atom is 0.478 e. The van der Waals surface area contributed by atoms with Crippen molar-refractivity contribution < 1.29 is 42.0 Å². The first-order valence-electron chi connectivity index (χ1n) is 10.6. The molecule has 32 heavy (non-hydrogen) atoms. The molecule has 2 aliphatic rings. The van der Waals surface area contributed by atoms with Crippen molar-refractivity contribution in [3.05, 3.63) is 11.8 Å². The van der Waals surface area contributed by atoms with Gasteiger partial charge in [-0.2, -0.15) is 0 Å². The topological polar surface area (TPSA) is 138 Å². The standard InChI is InChI=1S/C20H33N2O9P/c1-5-6-14-11-21-9-7-15(14)19(25)28-13-30-32(26)29-12-20(2,3)17(31-32)18(24)22-10-8-16(23)27-4/h11,15,17,21H,5-10,12-13H2,1-4H3,(H,22,24)/t15?,17-,32?/m0/s1. The van der Waals surface area contributed by atoms with E-state index in [9.17, 15) is 18.9 Å². The molecule has 2 N–H and O–H groups in total. The fourth-order valence-corrected chi connectivity index (χ4v) is 4.86. The molecule has 12 heteroatoms. The van der Waals surface area contributed by atoms with Crippen LogP contribution in [0, 0.1) is 11.3 Å². The van der Waals surface area contributed by atoms with E-state index in [4.69, 9.17) is 18.3 Å². The molecular formula is C20H33N2O9P. The molecule has 1 amide bonds. The van der Waals surface area contributed by atoms with Gasteiger partial charge in [0.05, 0.1) is 26.1 Å². The first kappa shape index (κ1) is 26.3. The summed E-state index contributed by atoms with van der Waals surface area (Å²) in [6, 6.07) is 0. The van der Waals surface area contributed by atoms with E-state index < -0.39 is 44.0 Å². The van der Waals surface area contributed by atoms with Crippen molar-refractivity contribution in [2.45, 2.75) is 52.6 Å². The Labute approximate surface area is 188 Å². The van der Waals surface area contributed by atoms with Crippen molar-refractivity contribution in [3.8, 4) is 0 Å². The Hall–Kier alpha value is -1.94. The van der Waals surface area contributed by atoms with Gasteiger partial charge in [0.1, 0.15) is 0 Å². The van der Waals surface area contributed by atoms with Crippen molar-refractivity contribution in [1.82, 2.24) is 10.6 Å². The van der Waals surface area contributed by atoms with E-state index in [1.54, 1.807) is 13.8 Å². The van der Waals surface area contributed by atoms with Crippen LogP contribution >= 0.6 is 7.82 Å². The number of phosphoric ester groups is 1. The summed E-state index contributed by atoms with van der Waals surface area (Å²) >= 11 is 0. The van der Waals surface area contributed by atoms with Crippen LogP contribution in [-0.4, -0.2) is 57.5 Å². The van der Waals surface area contributed by atoms with Crippen LogP contribution in [0.1, 0.15) is 46.5 Å². The molecule has 0 aromatic carbocycles. The Morgan fingerprint density at radius 3 is 2.78 bits per heavy atom. The van der Waals surface area contributed by atoms with Crippen molar-refractivity contribution in [3.63, 3.8) is 0 Å². The molecular weight excluding hydrogens is 443 g/mol. The average Bonchev–Trinajstić information content (AvgIpc) is 2.76. The SMILES string of the molecule is CCCC1=CNCCC1C(=O)OCOP1(=O)OCC(C)(C)[C@H](C(=O)NCCC(=O)OC)O1. The summed E-state index contributed by atoms with van der Waals surface area (Å²) in [5, 5.41) is 5.67. The van der Waals surface area contributed by atoms with Crippen LogP contribution in [0.25, 0.3) is 0 Å². The average molecular weight is 476 g/mol. The van der Waals surface area contributed by atoms with Crippen molar-refractivity contribution >= 4 is 25.7 Å². The van der Waals surface area contributed by atoms with Gasteiger partial charge in [0, 0.05) is 18.5 Å². The Kier molecular flexibility index (Phi) is 9.69. The zero-order valence-corrected chi connectivity index (χ0v) is 19.9. The molecule has 0 aromatic rings. The highest BCUT2D eigenvalue weighted by molar-refractivity contribution is 7.48. The summed E-state index contributed by atoms with van der Waals surface area (Å²) in [7, 11) is -2.89. The first-order chi connectivity index (χ1) is 15.1. The predicted octanol–water partition coefficient (Wildman–Crippen LogP) is 2.03. The molecule has 0 radical (unpaired) electrons. The largest absolute Gasteiger partial charge is 0.478 e. The van der Waals surface area contributed by atoms with Gasteiger partial charge in [0.25, 0.3) is 0 Å². The Morgan fingerprint density at radius 1 is 1.34 bits per heavy atom. The van der Waals surface area contributed by atoms with Crippen molar-refractivity contribution in [2.24, 2.45) is 11.3 Å². The van der Waals surface area contributed by atoms with Crippen LogP contribution in [0.4, 0.5) is 0 Å². The number of carbonyl (C=O) groups is 3. The Bertz CT molecular complexity index is 768. The van der Waals surface area contributed by atoms with Crippen LogP contribution in [0.2, 0.25) is 0 Å². The molecule has 0 spiro atoms. The van der Waals surface area contributed by atoms with Gasteiger partial charge in [-0.05, 0) is 24.6 Å². The molecule has 2 aliphatic heterocycles. The number of amides is 1. The number of rotatable bonds is 10. The lowest BCUT2D eigenvalue weighted by atomic mass is 9.87. The fourth-order valence-electron chi connectivity index (χ4n) is 3.35. The predicted molar refractivity (Wildman–Crippen MR) is 113 cm³/mol. The molecule has 2 heterocycles. The quantitative estimate of drug-likeness (QED) is 0.274. The number of hydrogen-bond donors (Lipinski definition) is 2. The monoisotopic (exact) mass is 476 g/mol. The van der Waals surface area contributed by atoms with Crippen LogP contribution in [-0.2, 0) is 42.0 Å². The summed E-state index contributed by atoms with van der Waals surface area (Å²) in [6.07, 6.45) is 2.92. The number of hydrogen-bond acceptors (Lipinski definition) is 10.